The Labute approximate surface area is 146 Å². The van der Waals surface area contributed by atoms with Crippen molar-refractivity contribution in [2.24, 2.45) is 5.92 Å². The molecule has 130 valence electrons. The van der Waals surface area contributed by atoms with Crippen molar-refractivity contribution in [1.29, 1.82) is 0 Å². The molecular weight excluding hydrogens is 319 g/mol. The van der Waals surface area contributed by atoms with E-state index in [1.165, 1.54) is 17.7 Å². The maximum Gasteiger partial charge on any atom is 0.227 e. The molecule has 3 rings (SSSR count). The molecule has 1 heterocycles. The van der Waals surface area contributed by atoms with Crippen molar-refractivity contribution >= 4 is 17.5 Å². The summed E-state index contributed by atoms with van der Waals surface area (Å²) >= 11 is 0. The van der Waals surface area contributed by atoms with Gasteiger partial charge in [-0.1, -0.05) is 37.3 Å². The zero-order chi connectivity index (χ0) is 17.8. The van der Waals surface area contributed by atoms with Gasteiger partial charge in [0, 0.05) is 25.2 Å². The summed E-state index contributed by atoms with van der Waals surface area (Å²) in [6, 6.07) is 15.7. The van der Waals surface area contributed by atoms with Crippen molar-refractivity contribution < 1.29 is 14.0 Å². The SMILES string of the molecule is C[C@@H](CNC(=O)[C@@H]1CC(=O)N(c2ccc(F)cc2)C1)c1ccccc1. The van der Waals surface area contributed by atoms with Crippen LogP contribution in [0.1, 0.15) is 24.8 Å². The number of nitrogens with zero attached hydrogens (tertiary/aromatic N) is 1. The fourth-order valence-electron chi connectivity index (χ4n) is 3.05. The average Bonchev–Trinajstić information content (AvgIpc) is 3.02. The number of amides is 2. The maximum atomic E-state index is 13.0. The van der Waals surface area contributed by atoms with Crippen LogP contribution in [0.25, 0.3) is 0 Å². The summed E-state index contributed by atoms with van der Waals surface area (Å²) in [5, 5.41) is 2.95. The van der Waals surface area contributed by atoms with Crippen molar-refractivity contribution in [3.05, 3.63) is 66.0 Å². The Morgan fingerprint density at radius 1 is 1.20 bits per heavy atom. The molecule has 2 aromatic rings. The van der Waals surface area contributed by atoms with Crippen LogP contribution in [0.3, 0.4) is 0 Å². The minimum atomic E-state index is -0.375. The van der Waals surface area contributed by atoms with E-state index in [2.05, 4.69) is 12.2 Å². The molecule has 2 amide bonds. The van der Waals surface area contributed by atoms with Gasteiger partial charge in [0.25, 0.3) is 0 Å². The van der Waals surface area contributed by atoms with Gasteiger partial charge in [-0.15, -0.1) is 0 Å². The van der Waals surface area contributed by atoms with Gasteiger partial charge in [0.2, 0.25) is 11.8 Å². The molecule has 0 spiro atoms. The maximum absolute atomic E-state index is 13.0. The van der Waals surface area contributed by atoms with E-state index in [0.717, 1.165) is 0 Å². The highest BCUT2D eigenvalue weighted by molar-refractivity contribution is 6.00. The van der Waals surface area contributed by atoms with Crippen LogP contribution in [0.2, 0.25) is 0 Å². The Kier molecular flexibility index (Phi) is 5.12. The van der Waals surface area contributed by atoms with Gasteiger partial charge < -0.3 is 10.2 Å². The lowest BCUT2D eigenvalue weighted by atomic mass is 10.0. The molecule has 0 bridgehead atoms. The number of carbonyl (C=O) groups excluding carboxylic acids is 2. The van der Waals surface area contributed by atoms with E-state index in [4.69, 9.17) is 0 Å². The van der Waals surface area contributed by atoms with Gasteiger partial charge in [-0.25, -0.2) is 4.39 Å². The van der Waals surface area contributed by atoms with Gasteiger partial charge in [0.15, 0.2) is 0 Å². The molecule has 1 N–H and O–H groups in total. The van der Waals surface area contributed by atoms with Crippen LogP contribution in [-0.2, 0) is 9.59 Å². The number of hydrogen-bond acceptors (Lipinski definition) is 2. The molecule has 5 heteroatoms. The summed E-state index contributed by atoms with van der Waals surface area (Å²) < 4.78 is 13.0. The normalized spacial score (nSPS) is 18.2. The second-order valence-electron chi connectivity index (χ2n) is 6.44. The van der Waals surface area contributed by atoms with Crippen LogP contribution in [0.15, 0.2) is 54.6 Å². The molecule has 0 radical (unpaired) electrons. The van der Waals surface area contributed by atoms with Gasteiger partial charge >= 0.3 is 0 Å². The smallest absolute Gasteiger partial charge is 0.227 e. The number of benzene rings is 2. The number of nitrogens with one attached hydrogen (secondary N) is 1. The molecule has 0 unspecified atom stereocenters. The fourth-order valence-corrected chi connectivity index (χ4v) is 3.05. The van der Waals surface area contributed by atoms with E-state index >= 15 is 0 Å². The molecule has 0 aliphatic carbocycles. The molecule has 25 heavy (non-hydrogen) atoms. The first-order chi connectivity index (χ1) is 12.0. The van der Waals surface area contributed by atoms with Gasteiger partial charge in [-0.3, -0.25) is 9.59 Å². The van der Waals surface area contributed by atoms with Crippen molar-refractivity contribution in [3.63, 3.8) is 0 Å². The van der Waals surface area contributed by atoms with Gasteiger partial charge in [0.1, 0.15) is 5.82 Å². The fraction of sp³-hybridized carbons (Fsp3) is 0.300. The number of carbonyl (C=O) groups is 2. The van der Waals surface area contributed by atoms with E-state index in [9.17, 15) is 14.0 Å². The second kappa shape index (κ2) is 7.47. The van der Waals surface area contributed by atoms with Gasteiger partial charge in [-0.05, 0) is 35.7 Å². The molecule has 1 aliphatic heterocycles. The molecule has 1 fully saturated rings. The van der Waals surface area contributed by atoms with E-state index in [0.29, 0.717) is 18.8 Å². The topological polar surface area (TPSA) is 49.4 Å². The first kappa shape index (κ1) is 17.1. The Balaban J connectivity index is 1.56. The zero-order valence-electron chi connectivity index (χ0n) is 14.1. The number of rotatable bonds is 5. The first-order valence-corrected chi connectivity index (χ1v) is 8.43. The van der Waals surface area contributed by atoms with Crippen LogP contribution in [0, 0.1) is 11.7 Å². The van der Waals surface area contributed by atoms with Crippen molar-refractivity contribution in [1.82, 2.24) is 5.32 Å². The molecule has 1 aliphatic rings. The number of anilines is 1. The minimum Gasteiger partial charge on any atom is -0.355 e. The Morgan fingerprint density at radius 3 is 2.56 bits per heavy atom. The predicted octanol–water partition coefficient (Wildman–Crippen LogP) is 3.10. The molecule has 0 aromatic heterocycles. The summed E-state index contributed by atoms with van der Waals surface area (Å²) in [5.41, 5.74) is 1.79. The summed E-state index contributed by atoms with van der Waals surface area (Å²) in [6.07, 6.45) is 0.183. The second-order valence-corrected chi connectivity index (χ2v) is 6.44. The lowest BCUT2D eigenvalue weighted by Crippen LogP contribution is -2.35. The lowest BCUT2D eigenvalue weighted by molar-refractivity contribution is -0.126. The Hall–Kier alpha value is -2.69. The van der Waals surface area contributed by atoms with Crippen LogP contribution in [0.4, 0.5) is 10.1 Å². The van der Waals surface area contributed by atoms with Crippen molar-refractivity contribution in [3.8, 4) is 0 Å². The highest BCUT2D eigenvalue weighted by Crippen LogP contribution is 2.25. The average molecular weight is 340 g/mol. The molecule has 2 atom stereocenters. The summed E-state index contributed by atoms with van der Waals surface area (Å²) in [7, 11) is 0. The molecule has 1 saturated heterocycles. The largest absolute Gasteiger partial charge is 0.355 e. The lowest BCUT2D eigenvalue weighted by Gasteiger charge is -2.17. The standard InChI is InChI=1S/C20H21FN2O2/c1-14(15-5-3-2-4-6-15)12-22-20(25)16-11-19(24)23(13-16)18-9-7-17(21)8-10-18/h2-10,14,16H,11-13H2,1H3,(H,22,25)/t14-,16+/m0/s1. The summed E-state index contributed by atoms with van der Waals surface area (Å²) in [6.45, 7) is 2.92. The summed E-state index contributed by atoms with van der Waals surface area (Å²) in [5.74, 6) is -0.737. The molecule has 2 aromatic carbocycles. The quantitative estimate of drug-likeness (QED) is 0.909. The van der Waals surface area contributed by atoms with Crippen LogP contribution in [-0.4, -0.2) is 24.9 Å². The number of halogens is 1. The van der Waals surface area contributed by atoms with E-state index in [-0.39, 0.29) is 35.9 Å². The number of hydrogen-bond donors (Lipinski definition) is 1. The van der Waals surface area contributed by atoms with Crippen LogP contribution in [0.5, 0.6) is 0 Å². The minimum absolute atomic E-state index is 0.108. The summed E-state index contributed by atoms with van der Waals surface area (Å²) in [4.78, 5) is 26.1. The van der Waals surface area contributed by atoms with E-state index in [1.54, 1.807) is 17.0 Å². The highest BCUT2D eigenvalue weighted by Gasteiger charge is 2.35. The third-order valence-corrected chi connectivity index (χ3v) is 4.59. The van der Waals surface area contributed by atoms with Gasteiger partial charge in [-0.2, -0.15) is 0 Å². The predicted molar refractivity (Wildman–Crippen MR) is 94.7 cm³/mol. The monoisotopic (exact) mass is 340 g/mol. The van der Waals surface area contributed by atoms with Crippen LogP contribution < -0.4 is 10.2 Å². The molecule has 4 nitrogen and oxygen atoms in total. The van der Waals surface area contributed by atoms with E-state index < -0.39 is 0 Å². The third-order valence-electron chi connectivity index (χ3n) is 4.59. The van der Waals surface area contributed by atoms with E-state index in [1.807, 2.05) is 30.3 Å². The first-order valence-electron chi connectivity index (χ1n) is 8.43. The Morgan fingerprint density at radius 2 is 1.88 bits per heavy atom. The van der Waals surface area contributed by atoms with Crippen molar-refractivity contribution in [2.75, 3.05) is 18.0 Å². The van der Waals surface area contributed by atoms with Crippen LogP contribution >= 0.6 is 0 Å². The molecular formula is C20H21FN2O2. The zero-order valence-corrected chi connectivity index (χ0v) is 14.1. The van der Waals surface area contributed by atoms with Crippen molar-refractivity contribution in [2.45, 2.75) is 19.3 Å². The third kappa shape index (κ3) is 4.05. The molecule has 0 saturated carbocycles. The van der Waals surface area contributed by atoms with Gasteiger partial charge in [0.05, 0.1) is 5.92 Å². The Bertz CT molecular complexity index is 746. The highest BCUT2D eigenvalue weighted by atomic mass is 19.1.